The summed E-state index contributed by atoms with van der Waals surface area (Å²) < 4.78 is 5.74. The van der Waals surface area contributed by atoms with E-state index in [1.165, 1.54) is 19.2 Å². The maximum atomic E-state index is 12.1. The Balaban J connectivity index is 2.23. The number of rotatable bonds is 3. The van der Waals surface area contributed by atoms with Crippen LogP contribution in [0.5, 0.6) is 11.5 Å². The van der Waals surface area contributed by atoms with Crippen molar-refractivity contribution in [2.75, 3.05) is 12.4 Å². The zero-order valence-corrected chi connectivity index (χ0v) is 12.8. The molecule has 6 heteroatoms. The SMILES string of the molecule is COc1ccc(NC(=O)c2cc(Br)ccc2O)cc1Cl. The third kappa shape index (κ3) is 3.23. The molecule has 0 bridgehead atoms. The van der Waals surface area contributed by atoms with Gasteiger partial charge >= 0.3 is 0 Å². The van der Waals surface area contributed by atoms with Crippen LogP contribution in [0.4, 0.5) is 5.69 Å². The van der Waals surface area contributed by atoms with Crippen LogP contribution in [0.2, 0.25) is 5.02 Å². The van der Waals surface area contributed by atoms with Gasteiger partial charge in [-0.25, -0.2) is 0 Å². The Morgan fingerprint density at radius 3 is 2.70 bits per heavy atom. The first-order valence-electron chi connectivity index (χ1n) is 5.64. The lowest BCUT2D eigenvalue weighted by Crippen LogP contribution is -2.12. The number of aromatic hydroxyl groups is 1. The van der Waals surface area contributed by atoms with Gasteiger partial charge in [0.15, 0.2) is 0 Å². The Morgan fingerprint density at radius 2 is 2.05 bits per heavy atom. The molecule has 0 aromatic heterocycles. The summed E-state index contributed by atoms with van der Waals surface area (Å²) >= 11 is 9.23. The average molecular weight is 357 g/mol. The van der Waals surface area contributed by atoms with Gasteiger partial charge in [-0.05, 0) is 36.4 Å². The van der Waals surface area contributed by atoms with Crippen LogP contribution in [0.15, 0.2) is 40.9 Å². The fourth-order valence-corrected chi connectivity index (χ4v) is 2.25. The van der Waals surface area contributed by atoms with Crippen LogP contribution in [0, 0.1) is 0 Å². The third-order valence-corrected chi connectivity index (χ3v) is 3.40. The summed E-state index contributed by atoms with van der Waals surface area (Å²) in [7, 11) is 1.51. The lowest BCUT2D eigenvalue weighted by molar-refractivity contribution is 0.102. The first-order chi connectivity index (χ1) is 9.51. The number of phenols is 1. The molecular formula is C14H11BrClNO3. The van der Waals surface area contributed by atoms with Crippen LogP contribution in [-0.2, 0) is 0 Å². The van der Waals surface area contributed by atoms with E-state index in [1.54, 1.807) is 24.3 Å². The van der Waals surface area contributed by atoms with Gasteiger partial charge < -0.3 is 15.2 Å². The highest BCUT2D eigenvalue weighted by Crippen LogP contribution is 2.28. The van der Waals surface area contributed by atoms with Gasteiger partial charge in [-0.15, -0.1) is 0 Å². The summed E-state index contributed by atoms with van der Waals surface area (Å²) in [6.45, 7) is 0. The molecule has 0 radical (unpaired) electrons. The number of ether oxygens (including phenoxy) is 1. The van der Waals surface area contributed by atoms with Crippen molar-refractivity contribution >= 4 is 39.1 Å². The molecule has 20 heavy (non-hydrogen) atoms. The average Bonchev–Trinajstić information content (AvgIpc) is 2.41. The van der Waals surface area contributed by atoms with E-state index in [2.05, 4.69) is 21.2 Å². The van der Waals surface area contributed by atoms with Crippen LogP contribution in [0.1, 0.15) is 10.4 Å². The molecule has 4 nitrogen and oxygen atoms in total. The number of hydrogen-bond acceptors (Lipinski definition) is 3. The zero-order valence-electron chi connectivity index (χ0n) is 10.5. The number of carbonyl (C=O) groups is 1. The van der Waals surface area contributed by atoms with Crippen LogP contribution in [0.25, 0.3) is 0 Å². The van der Waals surface area contributed by atoms with E-state index in [9.17, 15) is 9.90 Å². The van der Waals surface area contributed by atoms with E-state index < -0.39 is 5.91 Å². The summed E-state index contributed by atoms with van der Waals surface area (Å²) in [6.07, 6.45) is 0. The van der Waals surface area contributed by atoms with Crippen LogP contribution in [-0.4, -0.2) is 18.1 Å². The monoisotopic (exact) mass is 355 g/mol. The Labute approximate surface area is 129 Å². The van der Waals surface area contributed by atoms with Crippen molar-refractivity contribution < 1.29 is 14.6 Å². The Kier molecular flexibility index (Phi) is 4.52. The topological polar surface area (TPSA) is 58.6 Å². The molecule has 2 rings (SSSR count). The summed E-state index contributed by atoms with van der Waals surface area (Å²) in [4.78, 5) is 12.1. The van der Waals surface area contributed by atoms with Gasteiger partial charge in [0, 0.05) is 10.2 Å². The van der Waals surface area contributed by atoms with Crippen molar-refractivity contribution in [2.24, 2.45) is 0 Å². The van der Waals surface area contributed by atoms with Crippen LogP contribution < -0.4 is 10.1 Å². The second-order valence-electron chi connectivity index (χ2n) is 3.96. The zero-order chi connectivity index (χ0) is 14.7. The lowest BCUT2D eigenvalue weighted by Gasteiger charge is -2.09. The lowest BCUT2D eigenvalue weighted by atomic mass is 10.2. The Bertz CT molecular complexity index is 661. The summed E-state index contributed by atoms with van der Waals surface area (Å²) in [5, 5.41) is 12.7. The minimum Gasteiger partial charge on any atom is -0.507 e. The highest BCUT2D eigenvalue weighted by molar-refractivity contribution is 9.10. The van der Waals surface area contributed by atoms with Crippen LogP contribution >= 0.6 is 27.5 Å². The molecule has 0 aliphatic carbocycles. The molecule has 1 amide bonds. The van der Waals surface area contributed by atoms with Gasteiger partial charge in [0.1, 0.15) is 11.5 Å². The number of benzene rings is 2. The molecular weight excluding hydrogens is 346 g/mol. The fraction of sp³-hybridized carbons (Fsp3) is 0.0714. The van der Waals surface area contributed by atoms with Crippen molar-refractivity contribution in [1.82, 2.24) is 0 Å². The van der Waals surface area contributed by atoms with Crippen molar-refractivity contribution in [3.05, 3.63) is 51.5 Å². The number of carbonyl (C=O) groups excluding carboxylic acids is 1. The molecule has 2 aromatic rings. The van der Waals surface area contributed by atoms with E-state index in [0.29, 0.717) is 20.9 Å². The van der Waals surface area contributed by atoms with Crippen molar-refractivity contribution in [1.29, 1.82) is 0 Å². The predicted octanol–water partition coefficient (Wildman–Crippen LogP) is 4.07. The molecule has 0 saturated carbocycles. The Morgan fingerprint density at radius 1 is 1.30 bits per heavy atom. The molecule has 0 spiro atoms. The number of hydrogen-bond donors (Lipinski definition) is 2. The summed E-state index contributed by atoms with van der Waals surface area (Å²) in [5.41, 5.74) is 0.687. The minimum atomic E-state index is -0.426. The fourth-order valence-electron chi connectivity index (χ4n) is 1.63. The molecule has 2 aromatic carbocycles. The first kappa shape index (κ1) is 14.7. The smallest absolute Gasteiger partial charge is 0.259 e. The van der Waals surface area contributed by atoms with Crippen LogP contribution in [0.3, 0.4) is 0 Å². The maximum Gasteiger partial charge on any atom is 0.259 e. The Hall–Kier alpha value is -1.72. The van der Waals surface area contributed by atoms with Crippen molar-refractivity contribution in [2.45, 2.75) is 0 Å². The predicted molar refractivity (Wildman–Crippen MR) is 81.8 cm³/mol. The highest BCUT2D eigenvalue weighted by Gasteiger charge is 2.12. The van der Waals surface area contributed by atoms with Gasteiger partial charge in [-0.3, -0.25) is 4.79 Å². The second-order valence-corrected chi connectivity index (χ2v) is 5.29. The number of halogens is 2. The number of phenolic OH excluding ortho intramolecular Hbond substituents is 1. The number of amides is 1. The quantitative estimate of drug-likeness (QED) is 0.871. The molecule has 0 fully saturated rings. The maximum absolute atomic E-state index is 12.1. The van der Waals surface area contributed by atoms with Gasteiger partial charge in [0.05, 0.1) is 17.7 Å². The molecule has 0 aliphatic rings. The first-order valence-corrected chi connectivity index (χ1v) is 6.82. The largest absolute Gasteiger partial charge is 0.507 e. The van der Waals surface area contributed by atoms with E-state index in [4.69, 9.17) is 16.3 Å². The molecule has 0 unspecified atom stereocenters. The van der Waals surface area contributed by atoms with Gasteiger partial charge in [-0.2, -0.15) is 0 Å². The van der Waals surface area contributed by atoms with E-state index in [0.717, 1.165) is 0 Å². The van der Waals surface area contributed by atoms with Gasteiger partial charge in [-0.1, -0.05) is 27.5 Å². The second kappa shape index (κ2) is 6.15. The summed E-state index contributed by atoms with van der Waals surface area (Å²) in [5.74, 6) is 0.00492. The summed E-state index contributed by atoms with van der Waals surface area (Å²) in [6, 6.07) is 9.52. The van der Waals surface area contributed by atoms with E-state index in [1.807, 2.05) is 0 Å². The number of nitrogens with one attached hydrogen (secondary N) is 1. The third-order valence-electron chi connectivity index (χ3n) is 2.61. The standard InChI is InChI=1S/C14H11BrClNO3/c1-20-13-5-3-9(7-11(13)16)17-14(19)10-6-8(15)2-4-12(10)18/h2-7,18H,1H3,(H,17,19). The molecule has 104 valence electrons. The highest BCUT2D eigenvalue weighted by atomic mass is 79.9. The molecule has 0 saturated heterocycles. The molecule has 0 heterocycles. The normalized spacial score (nSPS) is 10.2. The number of methoxy groups -OCH3 is 1. The molecule has 0 atom stereocenters. The van der Waals surface area contributed by atoms with Crippen molar-refractivity contribution in [3.63, 3.8) is 0 Å². The molecule has 0 aliphatic heterocycles. The molecule has 2 N–H and O–H groups in total. The minimum absolute atomic E-state index is 0.0923. The van der Waals surface area contributed by atoms with E-state index >= 15 is 0 Å². The van der Waals surface area contributed by atoms with Crippen molar-refractivity contribution in [3.8, 4) is 11.5 Å². The van der Waals surface area contributed by atoms with Gasteiger partial charge in [0.25, 0.3) is 5.91 Å². The van der Waals surface area contributed by atoms with E-state index in [-0.39, 0.29) is 11.3 Å². The van der Waals surface area contributed by atoms with Gasteiger partial charge in [0.2, 0.25) is 0 Å². The number of anilines is 1.